The number of Topliss-reactive ketones (excluding diaryl/α,β-unsaturated/α-hetero) is 1. The molecule has 0 saturated carbocycles. The number of amides is 3. The van der Waals surface area contributed by atoms with Gasteiger partial charge in [0.25, 0.3) is 5.91 Å². The van der Waals surface area contributed by atoms with E-state index in [9.17, 15) is 14.4 Å². The number of methoxy groups -OCH3 is 1. The van der Waals surface area contributed by atoms with E-state index < -0.39 is 0 Å². The predicted octanol–water partition coefficient (Wildman–Crippen LogP) is 4.50. The van der Waals surface area contributed by atoms with Crippen LogP contribution < -0.4 is 15.4 Å². The third-order valence-corrected chi connectivity index (χ3v) is 6.16. The summed E-state index contributed by atoms with van der Waals surface area (Å²) >= 11 is 0. The first-order chi connectivity index (χ1) is 17.4. The summed E-state index contributed by atoms with van der Waals surface area (Å²) in [5.41, 5.74) is 3.50. The molecule has 1 aliphatic heterocycles. The molecule has 186 valence electrons. The van der Waals surface area contributed by atoms with Crippen molar-refractivity contribution in [3.8, 4) is 5.75 Å². The number of nitrogens with one attached hydrogen (secondary N) is 2. The number of anilines is 2. The second-order valence-electron chi connectivity index (χ2n) is 8.67. The fraction of sp³-hybridized carbons (Fsp3) is 0.250. The van der Waals surface area contributed by atoms with Crippen LogP contribution in [0.5, 0.6) is 5.75 Å². The highest BCUT2D eigenvalue weighted by Crippen LogP contribution is 2.23. The number of para-hydroxylation sites is 1. The molecule has 3 aromatic rings. The lowest BCUT2D eigenvalue weighted by atomic mass is 10.1. The molecule has 4 rings (SSSR count). The molecule has 0 radical (unpaired) electrons. The lowest BCUT2D eigenvalue weighted by molar-refractivity contribution is 0.0627. The Morgan fingerprint density at radius 1 is 0.806 bits per heavy atom. The maximum atomic E-state index is 13.0. The Balaban J connectivity index is 1.30. The van der Waals surface area contributed by atoms with Crippen molar-refractivity contribution in [2.45, 2.75) is 13.5 Å². The van der Waals surface area contributed by atoms with Crippen LogP contribution in [-0.4, -0.2) is 60.8 Å². The molecule has 0 aliphatic carbocycles. The fourth-order valence-corrected chi connectivity index (χ4v) is 4.16. The normalized spacial score (nSPS) is 13.7. The molecule has 0 bridgehead atoms. The molecule has 0 aromatic heterocycles. The highest BCUT2D eigenvalue weighted by Gasteiger charge is 2.23. The van der Waals surface area contributed by atoms with Crippen LogP contribution in [-0.2, 0) is 6.54 Å². The lowest BCUT2D eigenvalue weighted by Gasteiger charge is -2.35. The molecule has 2 N–H and O–H groups in total. The van der Waals surface area contributed by atoms with E-state index in [1.807, 2.05) is 35.2 Å². The summed E-state index contributed by atoms with van der Waals surface area (Å²) in [6.07, 6.45) is 0. The Hall–Kier alpha value is -4.17. The van der Waals surface area contributed by atoms with Crippen LogP contribution in [0, 0.1) is 0 Å². The van der Waals surface area contributed by atoms with Gasteiger partial charge in [-0.15, -0.1) is 0 Å². The van der Waals surface area contributed by atoms with E-state index in [-0.39, 0.29) is 17.7 Å². The number of carbonyl (C=O) groups excluding carboxylic acids is 3. The Morgan fingerprint density at radius 2 is 1.42 bits per heavy atom. The summed E-state index contributed by atoms with van der Waals surface area (Å²) in [5.74, 6) is 0.739. The van der Waals surface area contributed by atoms with Gasteiger partial charge in [0.15, 0.2) is 5.78 Å². The molecule has 1 saturated heterocycles. The summed E-state index contributed by atoms with van der Waals surface area (Å²) in [7, 11) is 1.62. The molecule has 1 fully saturated rings. The molecular weight excluding hydrogens is 456 g/mol. The largest absolute Gasteiger partial charge is 0.496 e. The van der Waals surface area contributed by atoms with Gasteiger partial charge in [-0.05, 0) is 61.5 Å². The standard InChI is InChI=1S/C28H30N4O4/c1-20(33)22-10-13-26(36-2)23(18-22)19-31-14-16-32(17-15-31)27(34)21-8-11-25(12-9-21)30-28(35)29-24-6-4-3-5-7-24/h3-13,18H,14-17,19H2,1-2H3,(H2,29,30,35). The second kappa shape index (κ2) is 11.5. The number of urea groups is 1. The Labute approximate surface area is 210 Å². The lowest BCUT2D eigenvalue weighted by Crippen LogP contribution is -2.48. The van der Waals surface area contributed by atoms with E-state index in [4.69, 9.17) is 4.74 Å². The van der Waals surface area contributed by atoms with Crippen LogP contribution in [0.1, 0.15) is 33.2 Å². The van der Waals surface area contributed by atoms with Crippen LogP contribution in [0.4, 0.5) is 16.2 Å². The van der Waals surface area contributed by atoms with Crippen LogP contribution in [0.15, 0.2) is 72.8 Å². The number of rotatable bonds is 7. The summed E-state index contributed by atoms with van der Waals surface area (Å²) in [6, 6.07) is 21.2. The minimum absolute atomic E-state index is 0.0207. The van der Waals surface area contributed by atoms with E-state index in [1.165, 1.54) is 0 Å². The summed E-state index contributed by atoms with van der Waals surface area (Å²) in [4.78, 5) is 41.0. The summed E-state index contributed by atoms with van der Waals surface area (Å²) in [6.45, 7) is 4.85. The number of ether oxygens (including phenoxy) is 1. The van der Waals surface area contributed by atoms with Gasteiger partial charge in [0.2, 0.25) is 0 Å². The molecule has 3 aromatic carbocycles. The first kappa shape index (κ1) is 24.9. The van der Waals surface area contributed by atoms with Gasteiger partial charge in [-0.3, -0.25) is 14.5 Å². The first-order valence-corrected chi connectivity index (χ1v) is 11.9. The molecule has 3 amide bonds. The van der Waals surface area contributed by atoms with Crippen molar-refractivity contribution in [1.82, 2.24) is 9.80 Å². The minimum atomic E-state index is -0.345. The molecule has 1 aliphatic rings. The molecule has 0 spiro atoms. The molecule has 8 heteroatoms. The average Bonchev–Trinajstić information content (AvgIpc) is 2.89. The fourth-order valence-electron chi connectivity index (χ4n) is 4.16. The molecule has 0 unspecified atom stereocenters. The van der Waals surface area contributed by atoms with E-state index in [0.29, 0.717) is 42.1 Å². The Bertz CT molecular complexity index is 1220. The second-order valence-corrected chi connectivity index (χ2v) is 8.67. The van der Waals surface area contributed by atoms with Crippen LogP contribution in [0.2, 0.25) is 0 Å². The van der Waals surface area contributed by atoms with Crippen molar-refractivity contribution >= 4 is 29.1 Å². The number of benzene rings is 3. The quantitative estimate of drug-likeness (QED) is 0.480. The average molecular weight is 487 g/mol. The zero-order valence-electron chi connectivity index (χ0n) is 20.5. The van der Waals surface area contributed by atoms with Crippen LogP contribution >= 0.6 is 0 Å². The van der Waals surface area contributed by atoms with E-state index in [0.717, 1.165) is 24.4 Å². The molecule has 0 atom stereocenters. The van der Waals surface area contributed by atoms with E-state index in [1.54, 1.807) is 56.5 Å². The zero-order chi connectivity index (χ0) is 25.5. The molecule has 1 heterocycles. The van der Waals surface area contributed by atoms with Gasteiger partial charge >= 0.3 is 6.03 Å². The van der Waals surface area contributed by atoms with Crippen molar-refractivity contribution in [2.75, 3.05) is 43.9 Å². The summed E-state index contributed by atoms with van der Waals surface area (Å²) in [5, 5.41) is 5.53. The number of ketones is 1. The number of nitrogens with zero attached hydrogens (tertiary/aromatic N) is 2. The van der Waals surface area contributed by atoms with Crippen molar-refractivity contribution < 1.29 is 19.1 Å². The van der Waals surface area contributed by atoms with Crippen LogP contribution in [0.25, 0.3) is 0 Å². The highest BCUT2D eigenvalue weighted by atomic mass is 16.5. The number of hydrogen-bond donors (Lipinski definition) is 2. The minimum Gasteiger partial charge on any atom is -0.496 e. The van der Waals surface area contributed by atoms with Crippen molar-refractivity contribution in [1.29, 1.82) is 0 Å². The zero-order valence-corrected chi connectivity index (χ0v) is 20.5. The SMILES string of the molecule is COc1ccc(C(C)=O)cc1CN1CCN(C(=O)c2ccc(NC(=O)Nc3ccccc3)cc2)CC1. The van der Waals surface area contributed by atoms with E-state index >= 15 is 0 Å². The van der Waals surface area contributed by atoms with Gasteiger partial charge in [0, 0.05) is 60.8 Å². The monoisotopic (exact) mass is 486 g/mol. The third-order valence-electron chi connectivity index (χ3n) is 6.16. The molecule has 8 nitrogen and oxygen atoms in total. The number of hydrogen-bond acceptors (Lipinski definition) is 5. The van der Waals surface area contributed by atoms with Crippen molar-refractivity contribution in [3.05, 3.63) is 89.5 Å². The topological polar surface area (TPSA) is 91.0 Å². The van der Waals surface area contributed by atoms with Gasteiger partial charge < -0.3 is 20.3 Å². The van der Waals surface area contributed by atoms with Gasteiger partial charge in [-0.2, -0.15) is 0 Å². The number of piperazine rings is 1. The third kappa shape index (κ3) is 6.28. The molecular formula is C28H30N4O4. The highest BCUT2D eigenvalue weighted by molar-refractivity contribution is 6.00. The predicted molar refractivity (Wildman–Crippen MR) is 140 cm³/mol. The van der Waals surface area contributed by atoms with Crippen molar-refractivity contribution in [2.24, 2.45) is 0 Å². The smallest absolute Gasteiger partial charge is 0.323 e. The maximum absolute atomic E-state index is 13.0. The first-order valence-electron chi connectivity index (χ1n) is 11.9. The Morgan fingerprint density at radius 3 is 2.03 bits per heavy atom. The van der Waals surface area contributed by atoms with Crippen molar-refractivity contribution in [3.63, 3.8) is 0 Å². The van der Waals surface area contributed by atoms with Gasteiger partial charge in [0.1, 0.15) is 5.75 Å². The summed E-state index contributed by atoms with van der Waals surface area (Å²) < 4.78 is 5.47. The Kier molecular flexibility index (Phi) is 7.97. The number of carbonyl (C=O) groups is 3. The van der Waals surface area contributed by atoms with Gasteiger partial charge in [-0.25, -0.2) is 4.79 Å². The van der Waals surface area contributed by atoms with E-state index in [2.05, 4.69) is 15.5 Å². The molecule has 36 heavy (non-hydrogen) atoms. The maximum Gasteiger partial charge on any atom is 0.323 e. The van der Waals surface area contributed by atoms with Crippen LogP contribution in [0.3, 0.4) is 0 Å². The van der Waals surface area contributed by atoms with Gasteiger partial charge in [-0.1, -0.05) is 18.2 Å². The van der Waals surface area contributed by atoms with Gasteiger partial charge in [0.05, 0.1) is 7.11 Å².